The van der Waals surface area contributed by atoms with E-state index in [0.717, 1.165) is 31.5 Å². The maximum Gasteiger partial charge on any atom is 0.185 e. The summed E-state index contributed by atoms with van der Waals surface area (Å²) in [6.07, 6.45) is 3.11. The van der Waals surface area contributed by atoms with Gasteiger partial charge in [0.2, 0.25) is 0 Å². The molecule has 0 unspecified atom stereocenters. The number of hydrogen-bond donors (Lipinski definition) is 0. The van der Waals surface area contributed by atoms with Gasteiger partial charge in [-0.2, -0.15) is 5.26 Å². The van der Waals surface area contributed by atoms with E-state index >= 15 is 0 Å². The first-order valence-corrected chi connectivity index (χ1v) is 5.51. The van der Waals surface area contributed by atoms with Crippen LogP contribution < -0.4 is 0 Å². The zero-order valence-corrected chi connectivity index (χ0v) is 9.69. The molecule has 0 radical (unpaired) electrons. The van der Waals surface area contributed by atoms with Crippen molar-refractivity contribution in [2.45, 2.75) is 46.6 Å². The van der Waals surface area contributed by atoms with E-state index in [4.69, 9.17) is 5.26 Å². The van der Waals surface area contributed by atoms with E-state index in [9.17, 15) is 0 Å². The SMILES string of the molecule is CCCCc1c(C#N)nnn1CC(C)C. The third-order valence-electron chi connectivity index (χ3n) is 2.25. The Hall–Kier alpha value is -1.37. The topological polar surface area (TPSA) is 54.5 Å². The molecule has 0 aliphatic heterocycles. The van der Waals surface area contributed by atoms with Gasteiger partial charge in [0.15, 0.2) is 5.69 Å². The number of nitriles is 1. The van der Waals surface area contributed by atoms with Gasteiger partial charge in [-0.3, -0.25) is 0 Å². The van der Waals surface area contributed by atoms with E-state index in [0.29, 0.717) is 11.6 Å². The molecule has 0 spiro atoms. The van der Waals surface area contributed by atoms with E-state index in [1.807, 2.05) is 4.68 Å². The molecular formula is C11H18N4. The predicted molar refractivity (Wildman–Crippen MR) is 58.2 cm³/mol. The average Bonchev–Trinajstić information content (AvgIpc) is 2.56. The van der Waals surface area contributed by atoms with Crippen LogP contribution in [0.3, 0.4) is 0 Å². The van der Waals surface area contributed by atoms with Crippen LogP contribution in [-0.4, -0.2) is 15.0 Å². The molecule has 4 nitrogen and oxygen atoms in total. The van der Waals surface area contributed by atoms with Gasteiger partial charge in [0, 0.05) is 6.54 Å². The van der Waals surface area contributed by atoms with Gasteiger partial charge in [0.1, 0.15) is 6.07 Å². The van der Waals surface area contributed by atoms with Crippen LogP contribution in [0.25, 0.3) is 0 Å². The van der Waals surface area contributed by atoms with Gasteiger partial charge >= 0.3 is 0 Å². The Kier molecular flexibility index (Phi) is 4.29. The predicted octanol–water partition coefficient (Wildman–Crippen LogP) is 2.15. The van der Waals surface area contributed by atoms with Gasteiger partial charge in [-0.15, -0.1) is 5.10 Å². The van der Waals surface area contributed by atoms with Crippen molar-refractivity contribution >= 4 is 0 Å². The van der Waals surface area contributed by atoms with Gasteiger partial charge < -0.3 is 0 Å². The van der Waals surface area contributed by atoms with Crippen molar-refractivity contribution in [1.29, 1.82) is 5.26 Å². The fourth-order valence-corrected chi connectivity index (χ4v) is 1.50. The number of unbranched alkanes of at least 4 members (excludes halogenated alkanes) is 1. The normalized spacial score (nSPS) is 10.6. The highest BCUT2D eigenvalue weighted by Crippen LogP contribution is 2.10. The molecule has 0 saturated heterocycles. The Balaban J connectivity index is 2.86. The summed E-state index contributed by atoms with van der Waals surface area (Å²) in [6, 6.07) is 2.10. The molecule has 0 atom stereocenters. The van der Waals surface area contributed by atoms with Crippen LogP contribution in [0, 0.1) is 17.2 Å². The van der Waals surface area contributed by atoms with Crippen LogP contribution in [-0.2, 0) is 13.0 Å². The van der Waals surface area contributed by atoms with Crippen molar-refractivity contribution in [3.8, 4) is 6.07 Å². The first kappa shape index (κ1) is 11.7. The molecule has 4 heteroatoms. The third kappa shape index (κ3) is 3.05. The summed E-state index contributed by atoms with van der Waals surface area (Å²) in [5, 5.41) is 16.8. The highest BCUT2D eigenvalue weighted by molar-refractivity contribution is 5.24. The Morgan fingerprint density at radius 1 is 1.47 bits per heavy atom. The fourth-order valence-electron chi connectivity index (χ4n) is 1.50. The molecule has 1 rings (SSSR count). The molecule has 0 fully saturated rings. The lowest BCUT2D eigenvalue weighted by atomic mass is 10.1. The summed E-state index contributed by atoms with van der Waals surface area (Å²) in [4.78, 5) is 0. The molecule has 1 aromatic rings. The lowest BCUT2D eigenvalue weighted by Crippen LogP contribution is -2.10. The van der Waals surface area contributed by atoms with Crippen molar-refractivity contribution in [2.24, 2.45) is 5.92 Å². The van der Waals surface area contributed by atoms with Gasteiger partial charge in [-0.25, -0.2) is 4.68 Å². The minimum atomic E-state index is 0.490. The second kappa shape index (κ2) is 5.50. The number of nitrogens with zero attached hydrogens (tertiary/aromatic N) is 4. The second-order valence-electron chi connectivity index (χ2n) is 4.18. The molecule has 0 saturated carbocycles. The van der Waals surface area contributed by atoms with Crippen molar-refractivity contribution in [3.05, 3.63) is 11.4 Å². The zero-order valence-electron chi connectivity index (χ0n) is 9.69. The van der Waals surface area contributed by atoms with Crippen LogP contribution in [0.2, 0.25) is 0 Å². The Morgan fingerprint density at radius 3 is 2.73 bits per heavy atom. The maximum absolute atomic E-state index is 8.90. The molecule has 15 heavy (non-hydrogen) atoms. The van der Waals surface area contributed by atoms with E-state index in [1.165, 1.54) is 0 Å². The zero-order chi connectivity index (χ0) is 11.3. The quantitative estimate of drug-likeness (QED) is 0.741. The number of aromatic nitrogens is 3. The highest BCUT2D eigenvalue weighted by atomic mass is 15.4. The van der Waals surface area contributed by atoms with Crippen LogP contribution >= 0.6 is 0 Å². The van der Waals surface area contributed by atoms with E-state index in [1.54, 1.807) is 0 Å². The van der Waals surface area contributed by atoms with Crippen LogP contribution in [0.1, 0.15) is 45.0 Å². The van der Waals surface area contributed by atoms with Crippen LogP contribution in [0.15, 0.2) is 0 Å². The minimum Gasteiger partial charge on any atom is -0.248 e. The van der Waals surface area contributed by atoms with Gasteiger partial charge in [0.25, 0.3) is 0 Å². The van der Waals surface area contributed by atoms with Crippen molar-refractivity contribution < 1.29 is 0 Å². The summed E-state index contributed by atoms with van der Waals surface area (Å²) in [6.45, 7) is 7.25. The number of hydrogen-bond acceptors (Lipinski definition) is 3. The number of rotatable bonds is 5. The van der Waals surface area contributed by atoms with E-state index < -0.39 is 0 Å². The smallest absolute Gasteiger partial charge is 0.185 e. The molecule has 0 bridgehead atoms. The lowest BCUT2D eigenvalue weighted by Gasteiger charge is -2.08. The largest absolute Gasteiger partial charge is 0.248 e. The van der Waals surface area contributed by atoms with Crippen molar-refractivity contribution in [2.75, 3.05) is 0 Å². The second-order valence-corrected chi connectivity index (χ2v) is 4.18. The third-order valence-corrected chi connectivity index (χ3v) is 2.25. The minimum absolute atomic E-state index is 0.490. The van der Waals surface area contributed by atoms with Crippen molar-refractivity contribution in [1.82, 2.24) is 15.0 Å². The first-order valence-electron chi connectivity index (χ1n) is 5.51. The summed E-state index contributed by atoms with van der Waals surface area (Å²) >= 11 is 0. The summed E-state index contributed by atoms with van der Waals surface area (Å²) in [5.41, 5.74) is 1.48. The summed E-state index contributed by atoms with van der Waals surface area (Å²) in [7, 11) is 0. The molecule has 82 valence electrons. The average molecular weight is 206 g/mol. The fraction of sp³-hybridized carbons (Fsp3) is 0.727. The van der Waals surface area contributed by atoms with Gasteiger partial charge in [-0.05, 0) is 18.8 Å². The lowest BCUT2D eigenvalue weighted by molar-refractivity contribution is 0.456. The summed E-state index contributed by atoms with van der Waals surface area (Å²) in [5.74, 6) is 0.526. The Morgan fingerprint density at radius 2 is 2.20 bits per heavy atom. The molecule has 0 aliphatic rings. The summed E-state index contributed by atoms with van der Waals surface area (Å²) < 4.78 is 1.87. The Labute approximate surface area is 90.9 Å². The standard InChI is InChI=1S/C11H18N4/c1-4-5-6-11-10(7-12)13-14-15(11)8-9(2)3/h9H,4-6,8H2,1-3H3. The maximum atomic E-state index is 8.90. The van der Waals surface area contributed by atoms with Gasteiger partial charge in [0.05, 0.1) is 5.69 Å². The van der Waals surface area contributed by atoms with E-state index in [-0.39, 0.29) is 0 Å². The van der Waals surface area contributed by atoms with Crippen LogP contribution in [0.5, 0.6) is 0 Å². The molecule has 1 aromatic heterocycles. The first-order chi connectivity index (χ1) is 7.19. The van der Waals surface area contributed by atoms with Crippen LogP contribution in [0.4, 0.5) is 0 Å². The molecule has 0 amide bonds. The molecular weight excluding hydrogens is 188 g/mol. The molecule has 0 aromatic carbocycles. The molecule has 1 heterocycles. The Bertz CT molecular complexity index is 346. The highest BCUT2D eigenvalue weighted by Gasteiger charge is 2.12. The monoisotopic (exact) mass is 206 g/mol. The van der Waals surface area contributed by atoms with Gasteiger partial charge in [-0.1, -0.05) is 32.4 Å². The van der Waals surface area contributed by atoms with E-state index in [2.05, 4.69) is 37.2 Å². The van der Waals surface area contributed by atoms with Crippen molar-refractivity contribution in [3.63, 3.8) is 0 Å². The molecule has 0 aliphatic carbocycles. The molecule has 0 N–H and O–H groups in total.